The third kappa shape index (κ3) is 22.0. The van der Waals surface area contributed by atoms with E-state index in [1.807, 2.05) is 27.7 Å². The fourth-order valence-corrected chi connectivity index (χ4v) is 13.1. The predicted molar refractivity (Wildman–Crippen MR) is 386 cm³/mol. The Morgan fingerprint density at radius 1 is 0.477 bits per heavy atom. The van der Waals surface area contributed by atoms with Crippen LogP contribution in [0.4, 0.5) is 21.0 Å². The van der Waals surface area contributed by atoms with E-state index in [0.29, 0.717) is 48.7 Å². The molecule has 0 aromatic heterocycles. The van der Waals surface area contributed by atoms with Crippen LogP contribution in [0.15, 0.2) is 72.8 Å². The third-order valence-corrected chi connectivity index (χ3v) is 19.4. The van der Waals surface area contributed by atoms with Crippen LogP contribution in [0, 0.1) is 23.7 Å². The predicted octanol–water partition coefficient (Wildman–Crippen LogP) is 5.45. The molecule has 6 amide bonds. The lowest BCUT2D eigenvalue weighted by molar-refractivity contribution is -0.133. The highest BCUT2D eigenvalue weighted by Crippen LogP contribution is 2.44. The molecular weight excluding hydrogens is 1390 g/mol. The molecule has 4 aliphatic heterocycles. The molecule has 0 aliphatic carbocycles. The van der Waals surface area contributed by atoms with Gasteiger partial charge in [-0.3, -0.25) is 38.4 Å². The lowest BCUT2D eigenvalue weighted by Gasteiger charge is -2.31. The average Bonchev–Trinajstić information content (AvgIpc) is 1.62. The van der Waals surface area contributed by atoms with E-state index >= 15 is 0 Å². The number of ketones is 4. The second-order valence-corrected chi connectivity index (χ2v) is 27.9. The number of aliphatic hydroxyl groups is 4. The van der Waals surface area contributed by atoms with Crippen LogP contribution in [0.2, 0.25) is 0 Å². The first-order chi connectivity index (χ1) is 51.2. The zero-order valence-corrected chi connectivity index (χ0v) is 62.4. The lowest BCUT2D eigenvalue weighted by atomic mass is 9.88. The van der Waals surface area contributed by atoms with E-state index in [1.54, 1.807) is 76.6 Å². The molecule has 6 N–H and O–H groups in total. The molecule has 4 aromatic carbocycles. The summed E-state index contributed by atoms with van der Waals surface area (Å²) in [5.41, 5.74) is 1.89. The highest BCUT2D eigenvalue weighted by atomic mass is 16.6. The number of hydrogen-bond acceptors (Lipinski definition) is 24. The van der Waals surface area contributed by atoms with E-state index < -0.39 is 96.5 Å². The van der Waals surface area contributed by atoms with Gasteiger partial charge in [0.1, 0.15) is 24.8 Å². The molecule has 2 saturated heterocycles. The molecule has 0 unspecified atom stereocenters. The Balaban J connectivity index is 0.894. The Morgan fingerprint density at radius 2 is 0.841 bits per heavy atom. The van der Waals surface area contributed by atoms with E-state index in [2.05, 4.69) is 10.6 Å². The molecule has 10 atom stereocenters. The maximum atomic E-state index is 14.4. The fraction of sp³-hybridized carbons (Fsp3) is 0.558. The van der Waals surface area contributed by atoms with E-state index in [4.69, 9.17) is 47.4 Å². The maximum Gasteiger partial charge on any atom is 0.416 e. The van der Waals surface area contributed by atoms with Crippen LogP contribution in [0.3, 0.4) is 0 Å². The number of carbonyl (C=O) groups excluding carboxylic acids is 10. The van der Waals surface area contributed by atoms with Crippen molar-refractivity contribution in [2.45, 2.75) is 161 Å². The number of nitrogens with zero attached hydrogens (tertiary/aromatic N) is 4. The molecule has 0 bridgehead atoms. The van der Waals surface area contributed by atoms with Crippen LogP contribution in [0.1, 0.15) is 129 Å². The van der Waals surface area contributed by atoms with Gasteiger partial charge in [-0.2, -0.15) is 0 Å². The van der Waals surface area contributed by atoms with Gasteiger partial charge in [0.25, 0.3) is 11.8 Å². The summed E-state index contributed by atoms with van der Waals surface area (Å²) < 4.78 is 56.2. The van der Waals surface area contributed by atoms with Gasteiger partial charge in [0.2, 0.25) is 11.8 Å². The van der Waals surface area contributed by atoms with Crippen molar-refractivity contribution in [2.75, 3.05) is 104 Å². The second kappa shape index (κ2) is 39.6. The number of fused-ring (bicyclic) bond motifs is 4. The van der Waals surface area contributed by atoms with Crippen molar-refractivity contribution in [1.82, 2.24) is 20.4 Å². The summed E-state index contributed by atoms with van der Waals surface area (Å²) in [7, 11) is 5.79. The molecule has 4 aromatic rings. The summed E-state index contributed by atoms with van der Waals surface area (Å²) >= 11 is 0. The minimum absolute atomic E-state index is 0.000725. The van der Waals surface area contributed by atoms with Gasteiger partial charge in [0.15, 0.2) is 47.0 Å². The molecule has 2 fully saturated rings. The summed E-state index contributed by atoms with van der Waals surface area (Å²) in [6.07, 6.45) is -7.36. The van der Waals surface area contributed by atoms with Gasteiger partial charge < -0.3 is 88.2 Å². The minimum Gasteiger partial charge on any atom is -0.493 e. The second-order valence-electron chi connectivity index (χ2n) is 27.9. The molecule has 0 spiro atoms. The number of amides is 6. The topological polar surface area (TPSA) is 381 Å². The summed E-state index contributed by atoms with van der Waals surface area (Å²) in [6, 6.07) is 14.9. The van der Waals surface area contributed by atoms with Crippen molar-refractivity contribution in [1.29, 1.82) is 0 Å². The van der Waals surface area contributed by atoms with E-state index in [0.717, 1.165) is 9.80 Å². The molecule has 107 heavy (non-hydrogen) atoms. The van der Waals surface area contributed by atoms with E-state index in [-0.39, 0.29) is 191 Å². The zero-order chi connectivity index (χ0) is 77.8. The van der Waals surface area contributed by atoms with Gasteiger partial charge in [0, 0.05) is 96.2 Å². The normalized spacial score (nSPS) is 19.3. The molecule has 30 nitrogen and oxygen atoms in total. The van der Waals surface area contributed by atoms with Crippen LogP contribution in [-0.4, -0.2) is 232 Å². The van der Waals surface area contributed by atoms with Gasteiger partial charge >= 0.3 is 12.2 Å². The number of anilines is 2. The number of ether oxygens (including phenoxy) is 10. The van der Waals surface area contributed by atoms with Crippen LogP contribution in [0.5, 0.6) is 23.0 Å². The van der Waals surface area contributed by atoms with Gasteiger partial charge in [-0.1, -0.05) is 76.2 Å². The Morgan fingerprint density at radius 3 is 1.19 bits per heavy atom. The molecule has 0 radical (unpaired) electrons. The molecule has 4 aliphatic rings. The lowest BCUT2D eigenvalue weighted by Crippen LogP contribution is -2.50. The van der Waals surface area contributed by atoms with Gasteiger partial charge in [-0.15, -0.1) is 0 Å². The zero-order valence-electron chi connectivity index (χ0n) is 62.4. The van der Waals surface area contributed by atoms with Crippen LogP contribution >= 0.6 is 0 Å². The van der Waals surface area contributed by atoms with E-state index in [9.17, 15) is 68.4 Å². The van der Waals surface area contributed by atoms with Crippen molar-refractivity contribution in [3.63, 3.8) is 0 Å². The van der Waals surface area contributed by atoms with Gasteiger partial charge in [-0.25, -0.2) is 19.4 Å². The van der Waals surface area contributed by atoms with Crippen molar-refractivity contribution in [2.24, 2.45) is 23.7 Å². The number of Topliss-reactive ketones (excluding diaryl/α,β-unsaturated/α-hetero) is 4. The Kier molecular flexibility index (Phi) is 30.9. The fourth-order valence-electron chi connectivity index (χ4n) is 13.1. The SMILES string of the molecule is COCCOCCC(=O)C[C@@H](C(=O)N[C@H](C)C(=O)Cc1ccc(COC(=O)N2c3cc(OCCCOc4cc5c(cc4OC)C(=O)N4C[C@@H](O)C[C@H]4[C@H](O)N5C(=O)OCc4ccc(CC(=O)[C@@H](C)NC(=O)[C@H](CC(=O)CCOCCOC)C(C)C)cc4)c(OC)cc3C(=O)N3C[C@@H](O)C[C@H]3[C@@H]2O)cc1)C(C)C. The van der Waals surface area contributed by atoms with Gasteiger partial charge in [0.05, 0.1) is 126 Å². The molecule has 8 rings (SSSR count). The number of aliphatic hydroxyl groups excluding tert-OH is 4. The summed E-state index contributed by atoms with van der Waals surface area (Å²) in [4.78, 5) is 141. The highest BCUT2D eigenvalue weighted by molar-refractivity contribution is 6.07. The van der Waals surface area contributed by atoms with Crippen molar-refractivity contribution in [3.05, 3.63) is 106 Å². The van der Waals surface area contributed by atoms with Crippen molar-refractivity contribution >= 4 is 70.3 Å². The maximum absolute atomic E-state index is 14.4. The number of carbonyl (C=O) groups is 10. The largest absolute Gasteiger partial charge is 0.493 e. The van der Waals surface area contributed by atoms with Crippen molar-refractivity contribution < 1.29 is 116 Å². The van der Waals surface area contributed by atoms with Crippen LogP contribution in [-0.2, 0) is 83.2 Å². The summed E-state index contributed by atoms with van der Waals surface area (Å²) in [6.45, 7) is 11.3. The monoisotopic (exact) mass is 1490 g/mol. The smallest absolute Gasteiger partial charge is 0.416 e. The summed E-state index contributed by atoms with van der Waals surface area (Å²) in [5.74, 6) is -4.28. The van der Waals surface area contributed by atoms with Crippen LogP contribution in [0.25, 0.3) is 0 Å². The molecule has 584 valence electrons. The standard InChI is InChI=1S/C77H102N6O24/c1-44(2)56(32-52(84)20-24-102-28-26-98-7)70(90)78-46(5)64(88)30-48-12-16-50(17-13-48)42-106-76(96)82-60-38-68(66(100-9)36-58(60)72(92)80-40-54(86)34-62(80)74(82)94)104-22-11-23-105-69-39-61-59(37-67(69)101-10)73(93)81-41-55(87)35-63(81)75(95)83(61)77(97)107-43-51-18-14-49(15-19-51)31-65(89)47(6)79-71(91)57(45(3)4)33-53(85)21-25-103-29-27-99-8/h12-19,36-39,44-47,54-57,62-63,74-75,86-87,94-95H,11,20-35,40-43H2,1-10H3,(H,78,90)(H,79,91)/t46-,47-,54+,55+,56-,57-,62+,63+,74+,75+/m1/s1. The molecular formula is C77H102N6O24. The Bertz CT molecular complexity index is 3520. The molecule has 0 saturated carbocycles. The number of nitrogens with one attached hydrogen (secondary N) is 2. The third-order valence-electron chi connectivity index (χ3n) is 19.4. The number of hydrogen-bond donors (Lipinski definition) is 6. The Labute approximate surface area is 622 Å². The summed E-state index contributed by atoms with van der Waals surface area (Å²) in [5, 5.41) is 51.0. The molecule has 30 heteroatoms. The van der Waals surface area contributed by atoms with Gasteiger partial charge in [-0.05, 0) is 72.9 Å². The average molecular weight is 1500 g/mol. The quantitative estimate of drug-likeness (QED) is 0.0301. The first-order valence-electron chi connectivity index (χ1n) is 36.1. The van der Waals surface area contributed by atoms with Crippen LogP contribution < -0.4 is 39.4 Å². The van der Waals surface area contributed by atoms with Crippen molar-refractivity contribution in [3.8, 4) is 23.0 Å². The number of methoxy groups -OCH3 is 4. The molecule has 4 heterocycles. The first-order valence-corrected chi connectivity index (χ1v) is 36.1. The highest BCUT2D eigenvalue weighted by Gasteiger charge is 2.50. The first kappa shape index (κ1) is 83.5. The minimum atomic E-state index is -1.72. The number of rotatable bonds is 40. The number of benzene rings is 4. The Hall–Kier alpha value is -9.14. The van der Waals surface area contributed by atoms with E-state index in [1.165, 1.54) is 48.3 Å².